The van der Waals surface area contributed by atoms with Gasteiger partial charge in [0, 0.05) is 54.5 Å². The summed E-state index contributed by atoms with van der Waals surface area (Å²) in [7, 11) is 0.708. The van der Waals surface area contributed by atoms with Gasteiger partial charge in [-0.15, -0.1) is 0 Å². The van der Waals surface area contributed by atoms with Crippen molar-refractivity contribution in [2.24, 2.45) is 7.05 Å². The van der Waals surface area contributed by atoms with Gasteiger partial charge in [-0.25, -0.2) is 17.9 Å². The molecule has 0 atom stereocenters. The van der Waals surface area contributed by atoms with Crippen LogP contribution in [0.1, 0.15) is 52.7 Å². The topological polar surface area (TPSA) is 125 Å². The highest BCUT2D eigenvalue weighted by atomic mass is 32.2. The Labute approximate surface area is 262 Å². The van der Waals surface area contributed by atoms with Crippen LogP contribution >= 0.6 is 0 Å². The van der Waals surface area contributed by atoms with Crippen LogP contribution < -0.4 is 14.8 Å². The molecule has 0 bridgehead atoms. The summed E-state index contributed by atoms with van der Waals surface area (Å²) in [5, 5.41) is 3.79. The number of hydrogen-bond acceptors (Lipinski definition) is 7. The molecule has 5 rings (SSSR count). The van der Waals surface area contributed by atoms with Crippen molar-refractivity contribution in [1.82, 2.24) is 9.29 Å². The van der Waals surface area contributed by atoms with E-state index in [2.05, 4.69) is 21.9 Å². The lowest BCUT2D eigenvalue weighted by atomic mass is 10.0. The van der Waals surface area contributed by atoms with Crippen molar-refractivity contribution < 1.29 is 32.2 Å². The van der Waals surface area contributed by atoms with Crippen molar-refractivity contribution >= 4 is 38.6 Å². The van der Waals surface area contributed by atoms with Gasteiger partial charge in [0.1, 0.15) is 23.4 Å². The van der Waals surface area contributed by atoms with Crippen LogP contribution in [0.2, 0.25) is 0 Å². The number of anilines is 1. The predicted molar refractivity (Wildman–Crippen MR) is 171 cm³/mol. The fourth-order valence-electron chi connectivity index (χ4n) is 5.48. The quantitative estimate of drug-likeness (QED) is 0.238. The van der Waals surface area contributed by atoms with Crippen molar-refractivity contribution in [2.75, 3.05) is 26.1 Å². The van der Waals surface area contributed by atoms with Gasteiger partial charge in [0.15, 0.2) is 0 Å². The molecule has 1 aromatic heterocycles. The van der Waals surface area contributed by atoms with Gasteiger partial charge in [-0.05, 0) is 79.3 Å². The highest BCUT2D eigenvalue weighted by Gasteiger charge is 2.23. The Balaban J connectivity index is 1.34. The van der Waals surface area contributed by atoms with E-state index >= 15 is 0 Å². The SMILES string of the molecule is COCC#Cc1ccccc1S(=O)(=O)NC(=O)c1ccc(Cc2cn(C)c3ccc(NC(=O)OC4CCCC4)cc23)c(OC)c1. The van der Waals surface area contributed by atoms with Gasteiger partial charge >= 0.3 is 6.09 Å². The number of nitrogens with zero attached hydrogens (tertiary/aromatic N) is 1. The molecule has 0 saturated heterocycles. The lowest BCUT2D eigenvalue weighted by Crippen LogP contribution is -2.31. The van der Waals surface area contributed by atoms with Crippen LogP contribution in [0.5, 0.6) is 5.75 Å². The van der Waals surface area contributed by atoms with Crippen molar-refractivity contribution in [1.29, 1.82) is 0 Å². The van der Waals surface area contributed by atoms with E-state index in [1.165, 1.54) is 26.4 Å². The van der Waals surface area contributed by atoms with E-state index in [4.69, 9.17) is 14.2 Å². The van der Waals surface area contributed by atoms with E-state index in [1.54, 1.807) is 30.3 Å². The molecule has 11 heteroatoms. The number of rotatable bonds is 9. The zero-order chi connectivity index (χ0) is 32.0. The summed E-state index contributed by atoms with van der Waals surface area (Å²) in [6.45, 7) is 0.138. The number of aryl methyl sites for hydroxylation is 1. The maximum Gasteiger partial charge on any atom is 0.411 e. The van der Waals surface area contributed by atoms with Crippen LogP contribution in [0.25, 0.3) is 10.9 Å². The number of methoxy groups -OCH3 is 2. The molecule has 2 amide bonds. The second-order valence-electron chi connectivity index (χ2n) is 10.8. The molecule has 4 aromatic rings. The lowest BCUT2D eigenvalue weighted by Gasteiger charge is -2.13. The molecule has 10 nitrogen and oxygen atoms in total. The van der Waals surface area contributed by atoms with E-state index < -0.39 is 22.0 Å². The van der Waals surface area contributed by atoms with Crippen LogP contribution in [0.3, 0.4) is 0 Å². The highest BCUT2D eigenvalue weighted by molar-refractivity contribution is 7.90. The Morgan fingerprint density at radius 2 is 1.78 bits per heavy atom. The molecule has 1 fully saturated rings. The number of aromatic nitrogens is 1. The predicted octanol–water partition coefficient (Wildman–Crippen LogP) is 5.39. The molecular weight excluding hydrogens is 594 g/mol. The van der Waals surface area contributed by atoms with E-state index in [9.17, 15) is 18.0 Å². The largest absolute Gasteiger partial charge is 0.496 e. The Morgan fingerprint density at radius 3 is 2.53 bits per heavy atom. The zero-order valence-corrected chi connectivity index (χ0v) is 26.2. The van der Waals surface area contributed by atoms with E-state index in [1.807, 2.05) is 36.0 Å². The van der Waals surface area contributed by atoms with E-state index in [-0.39, 0.29) is 28.7 Å². The maximum atomic E-state index is 13.1. The van der Waals surface area contributed by atoms with Crippen LogP contribution in [0.4, 0.5) is 10.5 Å². The smallest absolute Gasteiger partial charge is 0.411 e. The van der Waals surface area contributed by atoms with Gasteiger partial charge in [0.05, 0.1) is 7.11 Å². The Bertz CT molecular complexity index is 1900. The second kappa shape index (κ2) is 13.9. The minimum atomic E-state index is -4.22. The van der Waals surface area contributed by atoms with Crippen LogP contribution in [-0.2, 0) is 33.0 Å². The van der Waals surface area contributed by atoms with Crippen molar-refractivity contribution in [3.05, 3.63) is 89.1 Å². The van der Waals surface area contributed by atoms with Gasteiger partial charge in [-0.2, -0.15) is 0 Å². The molecule has 0 spiro atoms. The average Bonchev–Trinajstić information content (AvgIpc) is 3.64. The number of benzene rings is 3. The summed E-state index contributed by atoms with van der Waals surface area (Å²) in [6, 6.07) is 16.7. The van der Waals surface area contributed by atoms with Gasteiger partial charge in [0.2, 0.25) is 0 Å². The Hall–Kier alpha value is -4.79. The molecule has 0 aliphatic heterocycles. The maximum absolute atomic E-state index is 13.1. The highest BCUT2D eigenvalue weighted by Crippen LogP contribution is 2.30. The van der Waals surface area contributed by atoms with Gasteiger partial charge in [0.25, 0.3) is 15.9 Å². The van der Waals surface area contributed by atoms with Gasteiger partial charge in [-0.1, -0.05) is 30.0 Å². The molecule has 1 saturated carbocycles. The van der Waals surface area contributed by atoms with Crippen molar-refractivity contribution in [3.63, 3.8) is 0 Å². The number of sulfonamides is 1. The summed E-state index contributed by atoms with van der Waals surface area (Å²) in [6.07, 6.45) is 5.91. The van der Waals surface area contributed by atoms with Crippen molar-refractivity contribution in [2.45, 2.75) is 43.1 Å². The summed E-state index contributed by atoms with van der Waals surface area (Å²) in [4.78, 5) is 25.5. The molecule has 45 heavy (non-hydrogen) atoms. The second-order valence-corrected chi connectivity index (χ2v) is 12.5. The summed E-state index contributed by atoms with van der Waals surface area (Å²) >= 11 is 0. The van der Waals surface area contributed by atoms with E-state index in [0.717, 1.165) is 47.7 Å². The first-order valence-electron chi connectivity index (χ1n) is 14.5. The molecule has 0 unspecified atom stereocenters. The molecule has 1 aliphatic rings. The summed E-state index contributed by atoms with van der Waals surface area (Å²) in [5.41, 5.74) is 3.75. The number of fused-ring (bicyclic) bond motifs is 1. The van der Waals surface area contributed by atoms with Gasteiger partial charge < -0.3 is 18.8 Å². The van der Waals surface area contributed by atoms with Crippen LogP contribution in [0.15, 0.2) is 71.8 Å². The zero-order valence-electron chi connectivity index (χ0n) is 25.4. The molecule has 234 valence electrons. The Kier molecular flexibility index (Phi) is 9.76. The number of amides is 2. The summed E-state index contributed by atoms with van der Waals surface area (Å²) < 4.78 is 46.5. The van der Waals surface area contributed by atoms with Crippen molar-refractivity contribution in [3.8, 4) is 17.6 Å². The number of ether oxygens (including phenoxy) is 3. The first kappa shape index (κ1) is 31.6. The minimum absolute atomic E-state index is 0.0325. The fraction of sp³-hybridized carbons (Fsp3) is 0.294. The minimum Gasteiger partial charge on any atom is -0.496 e. The summed E-state index contributed by atoms with van der Waals surface area (Å²) in [5.74, 6) is 5.13. The van der Waals surface area contributed by atoms with Gasteiger partial charge in [-0.3, -0.25) is 10.1 Å². The third-order valence-electron chi connectivity index (χ3n) is 7.67. The average molecular weight is 630 g/mol. The number of carbonyl (C=O) groups is 2. The molecule has 1 aliphatic carbocycles. The number of nitrogens with one attached hydrogen (secondary N) is 2. The van der Waals surface area contributed by atoms with Crippen LogP contribution in [0, 0.1) is 11.8 Å². The molecule has 1 heterocycles. The lowest BCUT2D eigenvalue weighted by molar-refractivity contribution is 0.0980. The molecule has 3 aromatic carbocycles. The standard InChI is InChI=1S/C34H35N3O7S/c1-37-22-26(29-21-27(16-17-30(29)37)35-34(39)44-28-11-5-6-12-28)19-24-14-15-25(20-31(24)43-3)33(38)36-45(40,41)32-13-7-4-9-23(32)10-8-18-42-2/h4,7,9,13-17,20-22,28H,5-6,11-12,18-19H2,1-3H3,(H,35,39)(H,36,38). The number of hydrogen-bond donors (Lipinski definition) is 2. The first-order valence-corrected chi connectivity index (χ1v) is 16.0. The van der Waals surface area contributed by atoms with E-state index in [0.29, 0.717) is 17.9 Å². The third-order valence-corrected chi connectivity index (χ3v) is 9.06. The molecule has 2 N–H and O–H groups in total. The Morgan fingerprint density at radius 1 is 1.00 bits per heavy atom. The fourth-order valence-corrected chi connectivity index (χ4v) is 6.62. The number of carbonyl (C=O) groups excluding carboxylic acids is 2. The molecule has 0 radical (unpaired) electrons. The first-order chi connectivity index (χ1) is 21.7. The third kappa shape index (κ3) is 7.48. The molecular formula is C34H35N3O7S. The van der Waals surface area contributed by atoms with Crippen LogP contribution in [-0.4, -0.2) is 51.9 Å². The normalized spacial score (nSPS) is 13.2. The monoisotopic (exact) mass is 629 g/mol.